The van der Waals surface area contributed by atoms with E-state index in [2.05, 4.69) is 12.2 Å². The predicted molar refractivity (Wildman–Crippen MR) is 78.5 cm³/mol. The van der Waals surface area contributed by atoms with Gasteiger partial charge < -0.3 is 15.8 Å². The Balaban J connectivity index is 2.80. The summed E-state index contributed by atoms with van der Waals surface area (Å²) in [4.78, 5) is 12.3. The summed E-state index contributed by atoms with van der Waals surface area (Å²) in [6.07, 6.45) is 3.20. The first-order chi connectivity index (χ1) is 9.10. The van der Waals surface area contributed by atoms with Gasteiger partial charge in [-0.2, -0.15) is 0 Å². The van der Waals surface area contributed by atoms with E-state index in [0.29, 0.717) is 23.6 Å². The number of rotatable bonds is 7. The van der Waals surface area contributed by atoms with Crippen molar-refractivity contribution in [1.82, 2.24) is 5.32 Å². The number of unbranched alkanes of at least 4 members (excludes halogenated alkanes) is 1. The zero-order valence-corrected chi connectivity index (χ0v) is 12.0. The average molecular weight is 264 g/mol. The lowest BCUT2D eigenvalue weighted by atomic mass is 10.1. The van der Waals surface area contributed by atoms with Gasteiger partial charge in [0, 0.05) is 11.7 Å². The second kappa shape index (κ2) is 7.67. The Hall–Kier alpha value is -1.71. The van der Waals surface area contributed by atoms with E-state index < -0.39 is 0 Å². The normalized spacial score (nSPS) is 11.9. The Labute approximate surface area is 115 Å². The number of nitrogens with two attached hydrogens (primary N) is 1. The molecule has 1 aromatic rings. The summed E-state index contributed by atoms with van der Waals surface area (Å²) in [5.74, 6) is 0.382. The molecule has 1 rings (SSSR count). The number of amides is 1. The van der Waals surface area contributed by atoms with Gasteiger partial charge in [-0.15, -0.1) is 0 Å². The number of carbonyl (C=O) groups excluding carboxylic acids is 1. The molecule has 0 heterocycles. The fraction of sp³-hybridized carbons (Fsp3) is 0.533. The van der Waals surface area contributed by atoms with Crippen molar-refractivity contribution in [2.45, 2.75) is 46.1 Å². The van der Waals surface area contributed by atoms with Gasteiger partial charge in [0.05, 0.1) is 6.61 Å². The third kappa shape index (κ3) is 4.47. The van der Waals surface area contributed by atoms with Crippen LogP contribution in [0.1, 0.15) is 50.4 Å². The van der Waals surface area contributed by atoms with Gasteiger partial charge in [-0.05, 0) is 32.4 Å². The first-order valence-electron chi connectivity index (χ1n) is 6.92. The van der Waals surface area contributed by atoms with Crippen LogP contribution in [-0.2, 0) is 0 Å². The summed E-state index contributed by atoms with van der Waals surface area (Å²) in [5.41, 5.74) is 6.78. The molecule has 1 aromatic carbocycles. The van der Waals surface area contributed by atoms with Crippen molar-refractivity contribution in [3.8, 4) is 5.75 Å². The molecular weight excluding hydrogens is 240 g/mol. The van der Waals surface area contributed by atoms with Crippen LogP contribution in [0.25, 0.3) is 0 Å². The number of ether oxygens (including phenoxy) is 1. The smallest absolute Gasteiger partial charge is 0.257 e. The van der Waals surface area contributed by atoms with Gasteiger partial charge in [0.2, 0.25) is 0 Å². The van der Waals surface area contributed by atoms with Crippen LogP contribution in [0, 0.1) is 0 Å². The summed E-state index contributed by atoms with van der Waals surface area (Å²) in [6, 6.07) is 5.42. The van der Waals surface area contributed by atoms with Crippen LogP contribution in [-0.4, -0.2) is 18.6 Å². The third-order valence-electron chi connectivity index (χ3n) is 2.95. The van der Waals surface area contributed by atoms with Crippen molar-refractivity contribution in [2.75, 3.05) is 12.3 Å². The van der Waals surface area contributed by atoms with Crippen LogP contribution in [0.5, 0.6) is 5.75 Å². The van der Waals surface area contributed by atoms with Crippen LogP contribution >= 0.6 is 0 Å². The Morgan fingerprint density at radius 2 is 2.16 bits per heavy atom. The van der Waals surface area contributed by atoms with E-state index in [9.17, 15) is 4.79 Å². The monoisotopic (exact) mass is 264 g/mol. The molecule has 0 aliphatic rings. The first-order valence-corrected chi connectivity index (χ1v) is 6.92. The van der Waals surface area contributed by atoms with Gasteiger partial charge in [-0.1, -0.05) is 25.8 Å². The Kier molecular flexibility index (Phi) is 6.19. The molecule has 0 saturated carbocycles. The number of nitrogen functional groups attached to an aromatic ring is 1. The number of carbonyl (C=O) groups is 1. The second-order valence-electron chi connectivity index (χ2n) is 4.67. The fourth-order valence-corrected chi connectivity index (χ4v) is 1.95. The van der Waals surface area contributed by atoms with Crippen LogP contribution in [0.15, 0.2) is 18.2 Å². The van der Waals surface area contributed by atoms with Crippen molar-refractivity contribution < 1.29 is 9.53 Å². The minimum atomic E-state index is -0.162. The molecule has 0 radical (unpaired) electrons. The molecule has 0 aromatic heterocycles. The topological polar surface area (TPSA) is 64.4 Å². The molecule has 19 heavy (non-hydrogen) atoms. The minimum Gasteiger partial charge on any atom is -0.493 e. The van der Waals surface area contributed by atoms with Crippen LogP contribution < -0.4 is 15.8 Å². The molecule has 106 valence electrons. The molecular formula is C15H24N2O2. The summed E-state index contributed by atoms with van der Waals surface area (Å²) in [5, 5.41) is 2.97. The molecule has 0 spiro atoms. The zero-order chi connectivity index (χ0) is 14.3. The van der Waals surface area contributed by atoms with Crippen LogP contribution in [0.2, 0.25) is 0 Å². The van der Waals surface area contributed by atoms with Gasteiger partial charge >= 0.3 is 0 Å². The standard InChI is InChI=1S/C15H24N2O2/c1-4-6-8-11(3)17-15(18)14-12(16)9-7-10-13(14)19-5-2/h7,9-11H,4-6,8,16H2,1-3H3,(H,17,18). The van der Waals surface area contributed by atoms with Crippen molar-refractivity contribution in [3.05, 3.63) is 23.8 Å². The first kappa shape index (κ1) is 15.3. The van der Waals surface area contributed by atoms with Gasteiger partial charge in [0.25, 0.3) is 5.91 Å². The minimum absolute atomic E-state index is 0.140. The fourth-order valence-electron chi connectivity index (χ4n) is 1.95. The van der Waals surface area contributed by atoms with E-state index in [0.717, 1.165) is 19.3 Å². The highest BCUT2D eigenvalue weighted by Gasteiger charge is 2.17. The predicted octanol–water partition coefficient (Wildman–Crippen LogP) is 2.98. The van der Waals surface area contributed by atoms with E-state index >= 15 is 0 Å². The van der Waals surface area contributed by atoms with E-state index in [1.54, 1.807) is 18.2 Å². The van der Waals surface area contributed by atoms with E-state index in [1.807, 2.05) is 13.8 Å². The number of hydrogen-bond donors (Lipinski definition) is 2. The molecule has 0 aliphatic carbocycles. The van der Waals surface area contributed by atoms with Gasteiger partial charge in [-0.25, -0.2) is 0 Å². The lowest BCUT2D eigenvalue weighted by Gasteiger charge is -2.16. The Morgan fingerprint density at radius 1 is 1.42 bits per heavy atom. The molecule has 4 nitrogen and oxygen atoms in total. The number of nitrogens with one attached hydrogen (secondary N) is 1. The number of anilines is 1. The average Bonchev–Trinajstić information content (AvgIpc) is 2.36. The number of benzene rings is 1. The summed E-state index contributed by atoms with van der Waals surface area (Å²) in [7, 11) is 0. The molecule has 3 N–H and O–H groups in total. The molecule has 1 unspecified atom stereocenters. The lowest BCUT2D eigenvalue weighted by molar-refractivity contribution is 0.0935. The highest BCUT2D eigenvalue weighted by molar-refractivity contribution is 6.02. The Morgan fingerprint density at radius 3 is 2.79 bits per heavy atom. The van der Waals surface area contributed by atoms with Crippen molar-refractivity contribution in [1.29, 1.82) is 0 Å². The summed E-state index contributed by atoms with van der Waals surface area (Å²) >= 11 is 0. The molecule has 0 bridgehead atoms. The molecule has 0 aliphatic heterocycles. The molecule has 0 saturated heterocycles. The largest absolute Gasteiger partial charge is 0.493 e. The van der Waals surface area contributed by atoms with Gasteiger partial charge in [0.1, 0.15) is 11.3 Å². The molecule has 0 fully saturated rings. The van der Waals surface area contributed by atoms with Crippen molar-refractivity contribution in [2.24, 2.45) is 0 Å². The second-order valence-corrected chi connectivity index (χ2v) is 4.67. The van der Waals surface area contributed by atoms with Crippen LogP contribution in [0.4, 0.5) is 5.69 Å². The third-order valence-corrected chi connectivity index (χ3v) is 2.95. The van der Waals surface area contributed by atoms with Crippen molar-refractivity contribution in [3.63, 3.8) is 0 Å². The van der Waals surface area contributed by atoms with Gasteiger partial charge in [-0.3, -0.25) is 4.79 Å². The van der Waals surface area contributed by atoms with E-state index in [4.69, 9.17) is 10.5 Å². The van der Waals surface area contributed by atoms with Crippen LogP contribution in [0.3, 0.4) is 0 Å². The molecule has 4 heteroatoms. The lowest BCUT2D eigenvalue weighted by Crippen LogP contribution is -2.33. The number of hydrogen-bond acceptors (Lipinski definition) is 3. The van der Waals surface area contributed by atoms with Gasteiger partial charge in [0.15, 0.2) is 0 Å². The summed E-state index contributed by atoms with van der Waals surface area (Å²) in [6.45, 7) is 6.54. The molecule has 1 atom stereocenters. The highest BCUT2D eigenvalue weighted by atomic mass is 16.5. The molecule has 1 amide bonds. The SMILES string of the molecule is CCCCC(C)NC(=O)c1c(N)cccc1OCC. The maximum absolute atomic E-state index is 12.3. The summed E-state index contributed by atoms with van der Waals surface area (Å²) < 4.78 is 5.46. The highest BCUT2D eigenvalue weighted by Crippen LogP contribution is 2.24. The Bertz CT molecular complexity index is 419. The van der Waals surface area contributed by atoms with E-state index in [-0.39, 0.29) is 11.9 Å². The zero-order valence-electron chi connectivity index (χ0n) is 12.0. The van der Waals surface area contributed by atoms with E-state index in [1.165, 1.54) is 0 Å². The maximum Gasteiger partial charge on any atom is 0.257 e. The quantitative estimate of drug-likeness (QED) is 0.744. The van der Waals surface area contributed by atoms with Crippen molar-refractivity contribution >= 4 is 11.6 Å². The maximum atomic E-state index is 12.3.